The first-order valence-electron chi connectivity index (χ1n) is 5.44. The van der Waals surface area contributed by atoms with Crippen LogP contribution in [0.1, 0.15) is 29.6 Å². The molecule has 16 heavy (non-hydrogen) atoms. The Morgan fingerprint density at radius 2 is 2.12 bits per heavy atom. The van der Waals surface area contributed by atoms with Gasteiger partial charge in [0.1, 0.15) is 5.82 Å². The topological polar surface area (TPSA) is 56.7 Å². The highest BCUT2D eigenvalue weighted by Gasteiger charge is 2.29. The van der Waals surface area contributed by atoms with Crippen molar-refractivity contribution in [1.82, 2.24) is 14.8 Å². The maximum absolute atomic E-state index is 6.01. The number of nitrogens with zero attached hydrogens (tertiary/aromatic N) is 3. The second-order valence-corrected chi connectivity index (χ2v) is 5.59. The fourth-order valence-electron chi connectivity index (χ4n) is 2.03. The van der Waals surface area contributed by atoms with Crippen LogP contribution in [-0.4, -0.2) is 14.8 Å². The smallest absolute Gasteiger partial charge is 0.167 e. The van der Waals surface area contributed by atoms with Crippen molar-refractivity contribution in [1.29, 1.82) is 0 Å². The zero-order chi connectivity index (χ0) is 11.3. The van der Waals surface area contributed by atoms with Gasteiger partial charge in [-0.3, -0.25) is 0 Å². The summed E-state index contributed by atoms with van der Waals surface area (Å²) in [4.78, 5) is 1.22. The Balaban J connectivity index is 2.15. The van der Waals surface area contributed by atoms with Crippen LogP contribution in [0.3, 0.4) is 0 Å². The van der Waals surface area contributed by atoms with E-state index in [1.807, 2.05) is 6.92 Å². The minimum absolute atomic E-state index is 0.588. The maximum Gasteiger partial charge on any atom is 0.167 e. The molecule has 84 valence electrons. The number of aromatic nitrogens is 3. The van der Waals surface area contributed by atoms with Crippen molar-refractivity contribution in [2.75, 3.05) is 5.73 Å². The first-order valence-corrected chi connectivity index (χ1v) is 6.26. The van der Waals surface area contributed by atoms with E-state index in [2.05, 4.69) is 27.8 Å². The average Bonchev–Trinajstić information content (AvgIpc) is 2.91. The van der Waals surface area contributed by atoms with Gasteiger partial charge in [0, 0.05) is 10.9 Å². The van der Waals surface area contributed by atoms with Crippen molar-refractivity contribution < 1.29 is 0 Å². The van der Waals surface area contributed by atoms with E-state index in [-0.39, 0.29) is 0 Å². The molecule has 4 nitrogen and oxygen atoms in total. The highest BCUT2D eigenvalue weighted by atomic mass is 32.1. The summed E-state index contributed by atoms with van der Waals surface area (Å²) in [6.45, 7) is 4.07. The third kappa shape index (κ3) is 1.43. The Labute approximate surface area is 98.1 Å². The van der Waals surface area contributed by atoms with Crippen LogP contribution in [0.25, 0.3) is 11.4 Å². The standard InChI is InChI=1S/C11H14N4S/c1-6-5-9(10(12)16-6)11-14-13-7(2)15(11)8-3-4-8/h5,8H,3-4,12H2,1-2H3. The second-order valence-electron chi connectivity index (χ2n) is 4.31. The summed E-state index contributed by atoms with van der Waals surface area (Å²) in [5, 5.41) is 9.27. The summed E-state index contributed by atoms with van der Waals surface area (Å²) in [5.74, 6) is 1.92. The van der Waals surface area contributed by atoms with Gasteiger partial charge in [-0.15, -0.1) is 21.5 Å². The number of rotatable bonds is 2. The van der Waals surface area contributed by atoms with Crippen molar-refractivity contribution >= 4 is 16.3 Å². The SMILES string of the molecule is Cc1cc(-c2nnc(C)n2C2CC2)c(N)s1. The number of aryl methyl sites for hydroxylation is 2. The molecule has 2 aromatic rings. The van der Waals surface area contributed by atoms with Crippen molar-refractivity contribution in [3.05, 3.63) is 16.8 Å². The highest BCUT2D eigenvalue weighted by molar-refractivity contribution is 7.16. The van der Waals surface area contributed by atoms with Gasteiger partial charge in [-0.1, -0.05) is 0 Å². The molecule has 1 aliphatic rings. The summed E-state index contributed by atoms with van der Waals surface area (Å²) in [7, 11) is 0. The predicted molar refractivity (Wildman–Crippen MR) is 65.5 cm³/mol. The molecule has 0 aliphatic heterocycles. The number of hydrogen-bond donors (Lipinski definition) is 1. The highest BCUT2D eigenvalue weighted by Crippen LogP contribution is 2.41. The van der Waals surface area contributed by atoms with Crippen molar-refractivity contribution in [2.45, 2.75) is 32.7 Å². The fraction of sp³-hybridized carbons (Fsp3) is 0.455. The zero-order valence-corrected chi connectivity index (χ0v) is 10.2. The van der Waals surface area contributed by atoms with Crippen LogP contribution >= 0.6 is 11.3 Å². The van der Waals surface area contributed by atoms with Crippen molar-refractivity contribution in [2.24, 2.45) is 0 Å². The predicted octanol–water partition coefficient (Wildman–Crippen LogP) is 2.54. The second kappa shape index (κ2) is 3.31. The van der Waals surface area contributed by atoms with Crippen LogP contribution < -0.4 is 5.73 Å². The summed E-state index contributed by atoms with van der Waals surface area (Å²) < 4.78 is 2.22. The molecule has 0 saturated heterocycles. The van der Waals surface area contributed by atoms with Crippen LogP contribution in [0.5, 0.6) is 0 Å². The fourth-order valence-corrected chi connectivity index (χ4v) is 2.81. The Bertz CT molecular complexity index is 536. The minimum atomic E-state index is 0.588. The Kier molecular flexibility index (Phi) is 2.04. The molecule has 0 radical (unpaired) electrons. The van der Waals surface area contributed by atoms with Gasteiger partial charge in [0.2, 0.25) is 0 Å². The molecule has 0 unspecified atom stereocenters. The summed E-state index contributed by atoms with van der Waals surface area (Å²) in [6.07, 6.45) is 2.46. The van der Waals surface area contributed by atoms with E-state index in [1.54, 1.807) is 11.3 Å². The molecule has 1 fully saturated rings. The normalized spacial score (nSPS) is 15.6. The van der Waals surface area contributed by atoms with Crippen LogP contribution in [0.15, 0.2) is 6.07 Å². The van der Waals surface area contributed by atoms with Crippen LogP contribution in [0, 0.1) is 13.8 Å². The molecule has 3 rings (SSSR count). The molecule has 2 N–H and O–H groups in total. The van der Waals surface area contributed by atoms with Gasteiger partial charge in [0.25, 0.3) is 0 Å². The monoisotopic (exact) mass is 234 g/mol. The first kappa shape index (κ1) is 9.84. The quantitative estimate of drug-likeness (QED) is 0.868. The van der Waals surface area contributed by atoms with Gasteiger partial charge < -0.3 is 10.3 Å². The Morgan fingerprint density at radius 1 is 1.38 bits per heavy atom. The molecule has 0 atom stereocenters. The molecule has 5 heteroatoms. The van der Waals surface area contributed by atoms with Crippen LogP contribution in [-0.2, 0) is 0 Å². The third-order valence-electron chi connectivity index (χ3n) is 2.90. The lowest BCUT2D eigenvalue weighted by atomic mass is 10.2. The molecular weight excluding hydrogens is 220 g/mol. The van der Waals surface area contributed by atoms with Crippen molar-refractivity contribution in [3.63, 3.8) is 0 Å². The van der Waals surface area contributed by atoms with Crippen LogP contribution in [0.2, 0.25) is 0 Å². The number of thiophene rings is 1. The molecule has 0 spiro atoms. The summed E-state index contributed by atoms with van der Waals surface area (Å²) in [5.41, 5.74) is 7.05. The Hall–Kier alpha value is -1.36. The van der Waals surface area contributed by atoms with E-state index >= 15 is 0 Å². The van der Waals surface area contributed by atoms with Crippen LogP contribution in [0.4, 0.5) is 5.00 Å². The maximum atomic E-state index is 6.01. The van der Waals surface area contributed by atoms with Gasteiger partial charge in [0.05, 0.1) is 10.6 Å². The molecule has 1 aliphatic carbocycles. The number of nitrogens with two attached hydrogens (primary N) is 1. The number of nitrogen functional groups attached to an aromatic ring is 1. The van der Waals surface area contributed by atoms with Gasteiger partial charge >= 0.3 is 0 Å². The van der Waals surface area contributed by atoms with E-state index in [1.165, 1.54) is 17.7 Å². The number of anilines is 1. The summed E-state index contributed by atoms with van der Waals surface area (Å²) >= 11 is 1.61. The lowest BCUT2D eigenvalue weighted by Gasteiger charge is -2.05. The molecule has 0 bridgehead atoms. The van der Waals surface area contributed by atoms with Gasteiger partial charge in [-0.05, 0) is 32.8 Å². The van der Waals surface area contributed by atoms with Gasteiger partial charge in [-0.25, -0.2) is 0 Å². The molecule has 0 amide bonds. The Morgan fingerprint density at radius 3 is 2.69 bits per heavy atom. The summed E-state index contributed by atoms with van der Waals surface area (Å²) in [6, 6.07) is 2.69. The largest absolute Gasteiger partial charge is 0.390 e. The lowest BCUT2D eigenvalue weighted by molar-refractivity contribution is 0.717. The molecule has 0 aromatic carbocycles. The van der Waals surface area contributed by atoms with Gasteiger partial charge in [0.15, 0.2) is 5.82 Å². The van der Waals surface area contributed by atoms with Crippen molar-refractivity contribution in [3.8, 4) is 11.4 Å². The average molecular weight is 234 g/mol. The third-order valence-corrected chi connectivity index (χ3v) is 3.78. The first-order chi connectivity index (χ1) is 7.66. The molecule has 2 aromatic heterocycles. The molecular formula is C11H14N4S. The number of hydrogen-bond acceptors (Lipinski definition) is 4. The van der Waals surface area contributed by atoms with E-state index < -0.39 is 0 Å². The van der Waals surface area contributed by atoms with E-state index in [4.69, 9.17) is 5.73 Å². The molecule has 1 saturated carbocycles. The van der Waals surface area contributed by atoms with E-state index in [0.717, 1.165) is 22.2 Å². The lowest BCUT2D eigenvalue weighted by Crippen LogP contribution is -2.00. The van der Waals surface area contributed by atoms with E-state index in [9.17, 15) is 0 Å². The van der Waals surface area contributed by atoms with E-state index in [0.29, 0.717) is 6.04 Å². The van der Waals surface area contributed by atoms with Gasteiger partial charge in [-0.2, -0.15) is 0 Å². The minimum Gasteiger partial charge on any atom is -0.390 e. The zero-order valence-electron chi connectivity index (χ0n) is 9.40. The molecule has 2 heterocycles.